The first-order chi connectivity index (χ1) is 13.8. The second-order valence-corrected chi connectivity index (χ2v) is 7.31. The van der Waals surface area contributed by atoms with Crippen LogP contribution in [0.25, 0.3) is 0 Å². The molecule has 1 aromatic carbocycles. The number of carbonyl (C=O) groups is 1. The number of aliphatic hydroxyl groups is 2. The van der Waals surface area contributed by atoms with E-state index in [0.717, 1.165) is 11.0 Å². The van der Waals surface area contributed by atoms with Gasteiger partial charge in [0.2, 0.25) is 0 Å². The SMILES string of the molecule is O=C1O[C@@H](Cn2ccnn2)CN1c1cc(F)c([C@H]2CC[C@@H](O)[C@@H](O)C2)c(F)c1F. The summed E-state index contributed by atoms with van der Waals surface area (Å²) < 4.78 is 50.8. The Bertz CT molecular complexity index is 911. The number of aliphatic hydroxyl groups excluding tert-OH is 2. The molecule has 11 heteroatoms. The van der Waals surface area contributed by atoms with E-state index in [0.29, 0.717) is 0 Å². The van der Waals surface area contributed by atoms with Crippen LogP contribution in [0.15, 0.2) is 18.5 Å². The number of hydrogen-bond donors (Lipinski definition) is 2. The predicted octanol–water partition coefficient (Wildman–Crippen LogP) is 1.71. The summed E-state index contributed by atoms with van der Waals surface area (Å²) in [7, 11) is 0. The predicted molar refractivity (Wildman–Crippen MR) is 92.6 cm³/mol. The maximum atomic E-state index is 14.8. The molecule has 1 saturated carbocycles. The van der Waals surface area contributed by atoms with Crippen LogP contribution in [0.2, 0.25) is 0 Å². The van der Waals surface area contributed by atoms with E-state index in [1.807, 2.05) is 0 Å². The van der Waals surface area contributed by atoms with Gasteiger partial charge in [-0.1, -0.05) is 5.21 Å². The topological polar surface area (TPSA) is 101 Å². The van der Waals surface area contributed by atoms with E-state index >= 15 is 0 Å². The smallest absolute Gasteiger partial charge is 0.414 e. The number of cyclic esters (lactones) is 1. The number of rotatable bonds is 4. The highest BCUT2D eigenvalue weighted by Crippen LogP contribution is 2.39. The molecule has 1 aliphatic carbocycles. The van der Waals surface area contributed by atoms with Crippen LogP contribution in [0.1, 0.15) is 30.7 Å². The van der Waals surface area contributed by atoms with Crippen molar-refractivity contribution in [1.82, 2.24) is 15.0 Å². The fourth-order valence-corrected chi connectivity index (χ4v) is 3.91. The molecule has 1 amide bonds. The van der Waals surface area contributed by atoms with Gasteiger partial charge in [0.15, 0.2) is 11.6 Å². The standard InChI is InChI=1S/C18H19F3N4O4/c19-11-6-12(25-8-10(29-18(25)28)7-24-4-3-22-23-24)16(20)17(21)15(11)9-1-2-13(26)14(27)5-9/h3-4,6,9-10,13-14,26-27H,1-2,5,7-8H2/t9-,10-,13+,14-/m0/s1. The van der Waals surface area contributed by atoms with Gasteiger partial charge in [0.05, 0.1) is 37.2 Å². The highest BCUT2D eigenvalue weighted by molar-refractivity contribution is 5.90. The van der Waals surface area contributed by atoms with Crippen LogP contribution in [0.4, 0.5) is 23.7 Å². The quantitative estimate of drug-likeness (QED) is 0.742. The van der Waals surface area contributed by atoms with Crippen LogP contribution in [-0.2, 0) is 11.3 Å². The molecule has 0 spiro atoms. The Labute approximate surface area is 163 Å². The molecule has 2 heterocycles. The Morgan fingerprint density at radius 3 is 2.66 bits per heavy atom. The Balaban J connectivity index is 1.58. The van der Waals surface area contributed by atoms with E-state index in [-0.39, 0.29) is 32.4 Å². The van der Waals surface area contributed by atoms with E-state index in [9.17, 15) is 28.2 Å². The lowest BCUT2D eigenvalue weighted by Crippen LogP contribution is -2.33. The minimum atomic E-state index is -1.40. The molecular formula is C18H19F3N4O4. The molecule has 1 aliphatic heterocycles. The highest BCUT2D eigenvalue weighted by Gasteiger charge is 2.38. The van der Waals surface area contributed by atoms with Gasteiger partial charge in [-0.3, -0.25) is 4.90 Å². The molecule has 4 rings (SSSR count). The van der Waals surface area contributed by atoms with E-state index in [4.69, 9.17) is 4.74 Å². The van der Waals surface area contributed by atoms with Gasteiger partial charge in [-0.25, -0.2) is 22.6 Å². The number of benzene rings is 1. The molecule has 2 aromatic rings. The number of anilines is 1. The van der Waals surface area contributed by atoms with Crippen molar-refractivity contribution in [3.63, 3.8) is 0 Å². The molecule has 0 radical (unpaired) electrons. The van der Waals surface area contributed by atoms with Crippen molar-refractivity contribution in [3.8, 4) is 0 Å². The molecule has 29 heavy (non-hydrogen) atoms. The van der Waals surface area contributed by atoms with Crippen molar-refractivity contribution in [3.05, 3.63) is 41.5 Å². The first kappa shape index (κ1) is 19.6. The molecule has 8 nitrogen and oxygen atoms in total. The molecule has 1 saturated heterocycles. The number of amides is 1. The molecule has 2 N–H and O–H groups in total. The molecule has 0 bridgehead atoms. The summed E-state index contributed by atoms with van der Waals surface area (Å²) in [5, 5.41) is 26.8. The van der Waals surface area contributed by atoms with Crippen molar-refractivity contribution >= 4 is 11.8 Å². The molecule has 2 aliphatic rings. The number of halogens is 3. The summed E-state index contributed by atoms with van der Waals surface area (Å²) >= 11 is 0. The van der Waals surface area contributed by atoms with Gasteiger partial charge in [-0.2, -0.15) is 0 Å². The van der Waals surface area contributed by atoms with Crippen LogP contribution >= 0.6 is 0 Å². The maximum Gasteiger partial charge on any atom is 0.414 e. The third-order valence-electron chi connectivity index (χ3n) is 5.39. The number of aromatic nitrogens is 3. The minimum absolute atomic E-state index is 0.0838. The zero-order valence-corrected chi connectivity index (χ0v) is 15.2. The molecular weight excluding hydrogens is 393 g/mol. The monoisotopic (exact) mass is 412 g/mol. The molecule has 156 valence electrons. The van der Waals surface area contributed by atoms with Crippen molar-refractivity contribution in [2.45, 2.75) is 50.0 Å². The van der Waals surface area contributed by atoms with Gasteiger partial charge < -0.3 is 14.9 Å². The van der Waals surface area contributed by atoms with Gasteiger partial charge in [-0.05, 0) is 25.2 Å². The van der Waals surface area contributed by atoms with Crippen LogP contribution in [0.3, 0.4) is 0 Å². The third kappa shape index (κ3) is 3.67. The third-order valence-corrected chi connectivity index (χ3v) is 5.39. The zero-order chi connectivity index (χ0) is 20.7. The van der Waals surface area contributed by atoms with Crippen LogP contribution in [-0.4, -0.2) is 56.2 Å². The first-order valence-electron chi connectivity index (χ1n) is 9.21. The van der Waals surface area contributed by atoms with Crippen LogP contribution in [0, 0.1) is 17.5 Å². The van der Waals surface area contributed by atoms with Gasteiger partial charge >= 0.3 is 6.09 Å². The number of hydrogen-bond acceptors (Lipinski definition) is 6. The lowest BCUT2D eigenvalue weighted by atomic mass is 9.80. The maximum absolute atomic E-state index is 14.8. The van der Waals surface area contributed by atoms with E-state index in [1.54, 1.807) is 6.20 Å². The second-order valence-electron chi connectivity index (χ2n) is 7.31. The minimum Gasteiger partial charge on any atom is -0.442 e. The Morgan fingerprint density at radius 1 is 1.17 bits per heavy atom. The number of nitrogens with zero attached hydrogens (tertiary/aromatic N) is 4. The lowest BCUT2D eigenvalue weighted by molar-refractivity contribution is -0.0156. The summed E-state index contributed by atoms with van der Waals surface area (Å²) in [6, 6.07) is 0.768. The average molecular weight is 412 g/mol. The number of carbonyl (C=O) groups excluding carboxylic acids is 1. The van der Waals surface area contributed by atoms with Crippen molar-refractivity contribution in [1.29, 1.82) is 0 Å². The van der Waals surface area contributed by atoms with Crippen molar-refractivity contribution in [2.75, 3.05) is 11.4 Å². The first-order valence-corrected chi connectivity index (χ1v) is 9.21. The molecule has 2 fully saturated rings. The van der Waals surface area contributed by atoms with Crippen molar-refractivity contribution < 1.29 is 32.9 Å². The van der Waals surface area contributed by atoms with Gasteiger partial charge in [-0.15, -0.1) is 5.10 Å². The van der Waals surface area contributed by atoms with Gasteiger partial charge in [0.25, 0.3) is 0 Å². The second kappa shape index (κ2) is 7.64. The summed E-state index contributed by atoms with van der Waals surface area (Å²) in [6.07, 6.45) is -0.447. The summed E-state index contributed by atoms with van der Waals surface area (Å²) in [5.74, 6) is -4.55. The fourth-order valence-electron chi connectivity index (χ4n) is 3.91. The van der Waals surface area contributed by atoms with E-state index < -0.39 is 59.0 Å². The molecule has 1 aromatic heterocycles. The Hall–Kier alpha value is -2.66. The summed E-state index contributed by atoms with van der Waals surface area (Å²) in [4.78, 5) is 13.0. The average Bonchev–Trinajstić information content (AvgIpc) is 3.31. The highest BCUT2D eigenvalue weighted by atomic mass is 19.2. The normalized spacial score (nSPS) is 27.3. The van der Waals surface area contributed by atoms with Crippen LogP contribution in [0.5, 0.6) is 0 Å². The largest absolute Gasteiger partial charge is 0.442 e. The summed E-state index contributed by atoms with van der Waals surface area (Å²) in [5.41, 5.74) is -1.03. The van der Waals surface area contributed by atoms with Crippen molar-refractivity contribution in [2.24, 2.45) is 0 Å². The Morgan fingerprint density at radius 2 is 1.97 bits per heavy atom. The van der Waals surface area contributed by atoms with Gasteiger partial charge in [0.1, 0.15) is 11.9 Å². The zero-order valence-electron chi connectivity index (χ0n) is 15.2. The molecule has 0 unspecified atom stereocenters. The fraction of sp³-hybridized carbons (Fsp3) is 0.500. The number of ether oxygens (including phenoxy) is 1. The van der Waals surface area contributed by atoms with Gasteiger partial charge in [0, 0.05) is 17.8 Å². The lowest BCUT2D eigenvalue weighted by Gasteiger charge is -2.31. The van der Waals surface area contributed by atoms with E-state index in [2.05, 4.69) is 10.3 Å². The Kier molecular flexibility index (Phi) is 5.17. The summed E-state index contributed by atoms with van der Waals surface area (Å²) in [6.45, 7) is 0.0529. The van der Waals surface area contributed by atoms with Crippen LogP contribution < -0.4 is 4.90 Å². The van der Waals surface area contributed by atoms with E-state index in [1.165, 1.54) is 10.9 Å². The molecule has 4 atom stereocenters.